The van der Waals surface area contributed by atoms with Crippen LogP contribution in [0.2, 0.25) is 0 Å². The standard InChI is InChI=1S/C20H30N2O3/c1-19(2)16-22(10-13-25-19)14-18(23)21-15-20(8-11-24-12-9-20)17-6-4-3-5-7-17/h3-7H,8-16H2,1-2H3,(H,21,23). The molecule has 2 heterocycles. The Labute approximate surface area is 150 Å². The van der Waals surface area contributed by atoms with Crippen molar-refractivity contribution in [3.8, 4) is 0 Å². The minimum atomic E-state index is -0.176. The second-order valence-electron chi connectivity index (χ2n) is 7.85. The van der Waals surface area contributed by atoms with E-state index < -0.39 is 0 Å². The summed E-state index contributed by atoms with van der Waals surface area (Å²) in [6, 6.07) is 10.5. The molecule has 0 unspecified atom stereocenters. The maximum absolute atomic E-state index is 12.5. The Kier molecular flexibility index (Phi) is 5.77. The van der Waals surface area contributed by atoms with Crippen LogP contribution in [-0.4, -0.2) is 62.4 Å². The third-order valence-corrected chi connectivity index (χ3v) is 5.33. The summed E-state index contributed by atoms with van der Waals surface area (Å²) in [5, 5.41) is 3.19. The van der Waals surface area contributed by atoms with Crippen LogP contribution in [0, 0.1) is 0 Å². The third kappa shape index (κ3) is 4.81. The highest BCUT2D eigenvalue weighted by Gasteiger charge is 2.35. The van der Waals surface area contributed by atoms with Crippen LogP contribution in [0.5, 0.6) is 0 Å². The molecule has 2 aliphatic heterocycles. The van der Waals surface area contributed by atoms with E-state index in [1.807, 2.05) is 6.07 Å². The normalized spacial score (nSPS) is 23.1. The van der Waals surface area contributed by atoms with Crippen molar-refractivity contribution in [3.63, 3.8) is 0 Å². The number of carbonyl (C=O) groups excluding carboxylic acids is 1. The van der Waals surface area contributed by atoms with Crippen molar-refractivity contribution in [2.75, 3.05) is 46.0 Å². The maximum Gasteiger partial charge on any atom is 0.234 e. The molecule has 2 aliphatic rings. The molecule has 1 N–H and O–H groups in total. The molecule has 5 heteroatoms. The first kappa shape index (κ1) is 18.4. The zero-order valence-electron chi connectivity index (χ0n) is 15.4. The summed E-state index contributed by atoms with van der Waals surface area (Å²) in [5.41, 5.74) is 1.11. The number of nitrogens with one attached hydrogen (secondary N) is 1. The quantitative estimate of drug-likeness (QED) is 0.886. The molecule has 1 amide bonds. The van der Waals surface area contributed by atoms with Crippen LogP contribution in [0.3, 0.4) is 0 Å². The van der Waals surface area contributed by atoms with Crippen molar-refractivity contribution < 1.29 is 14.3 Å². The van der Waals surface area contributed by atoms with Gasteiger partial charge in [0.05, 0.1) is 18.8 Å². The summed E-state index contributed by atoms with van der Waals surface area (Å²) in [5.74, 6) is 0.0968. The monoisotopic (exact) mass is 346 g/mol. The van der Waals surface area contributed by atoms with E-state index in [0.29, 0.717) is 19.7 Å². The Morgan fingerprint density at radius 1 is 1.16 bits per heavy atom. The molecule has 25 heavy (non-hydrogen) atoms. The Balaban J connectivity index is 1.59. The lowest BCUT2D eigenvalue weighted by Gasteiger charge is -2.39. The summed E-state index contributed by atoms with van der Waals surface area (Å²) < 4.78 is 11.3. The van der Waals surface area contributed by atoms with Gasteiger partial charge in [-0.15, -0.1) is 0 Å². The zero-order chi connectivity index (χ0) is 17.8. The summed E-state index contributed by atoms with van der Waals surface area (Å²) in [4.78, 5) is 14.7. The van der Waals surface area contributed by atoms with Gasteiger partial charge in [-0.05, 0) is 32.3 Å². The van der Waals surface area contributed by atoms with Gasteiger partial charge in [-0.3, -0.25) is 9.69 Å². The van der Waals surface area contributed by atoms with E-state index in [1.165, 1.54) is 5.56 Å². The lowest BCUT2D eigenvalue weighted by Crippen LogP contribution is -2.52. The molecular formula is C20H30N2O3. The van der Waals surface area contributed by atoms with Gasteiger partial charge in [0.25, 0.3) is 0 Å². The second-order valence-corrected chi connectivity index (χ2v) is 7.85. The van der Waals surface area contributed by atoms with Crippen LogP contribution in [0.15, 0.2) is 30.3 Å². The highest BCUT2D eigenvalue weighted by Crippen LogP contribution is 2.34. The Bertz CT molecular complexity index is 568. The van der Waals surface area contributed by atoms with Crippen LogP contribution < -0.4 is 5.32 Å². The van der Waals surface area contributed by atoms with Gasteiger partial charge in [-0.1, -0.05) is 30.3 Å². The average molecular weight is 346 g/mol. The van der Waals surface area contributed by atoms with E-state index in [9.17, 15) is 4.79 Å². The number of amides is 1. The molecule has 2 fully saturated rings. The average Bonchev–Trinajstić information content (AvgIpc) is 2.61. The van der Waals surface area contributed by atoms with Gasteiger partial charge in [0.1, 0.15) is 0 Å². The number of nitrogens with zero attached hydrogens (tertiary/aromatic N) is 1. The smallest absolute Gasteiger partial charge is 0.234 e. The molecule has 5 nitrogen and oxygen atoms in total. The molecule has 0 radical (unpaired) electrons. The largest absolute Gasteiger partial charge is 0.381 e. The third-order valence-electron chi connectivity index (χ3n) is 5.33. The highest BCUT2D eigenvalue weighted by atomic mass is 16.5. The van der Waals surface area contributed by atoms with Gasteiger partial charge < -0.3 is 14.8 Å². The van der Waals surface area contributed by atoms with Crippen molar-refractivity contribution in [2.45, 2.75) is 37.7 Å². The molecule has 0 bridgehead atoms. The first-order chi connectivity index (χ1) is 12.0. The summed E-state index contributed by atoms with van der Waals surface area (Å²) in [6.07, 6.45) is 1.89. The number of hydrogen-bond donors (Lipinski definition) is 1. The van der Waals surface area contributed by atoms with Crippen molar-refractivity contribution >= 4 is 5.91 Å². The van der Waals surface area contributed by atoms with E-state index in [4.69, 9.17) is 9.47 Å². The maximum atomic E-state index is 12.5. The number of benzene rings is 1. The summed E-state index contributed by atoms with van der Waals surface area (Å²) in [7, 11) is 0. The van der Waals surface area contributed by atoms with Gasteiger partial charge >= 0.3 is 0 Å². The number of carbonyl (C=O) groups is 1. The summed E-state index contributed by atoms with van der Waals surface area (Å²) >= 11 is 0. The van der Waals surface area contributed by atoms with E-state index in [2.05, 4.69) is 48.3 Å². The fourth-order valence-electron chi connectivity index (χ4n) is 3.90. The lowest BCUT2D eigenvalue weighted by atomic mass is 9.74. The molecule has 0 aromatic heterocycles. The fraction of sp³-hybridized carbons (Fsp3) is 0.650. The first-order valence-electron chi connectivity index (χ1n) is 9.25. The number of ether oxygens (including phenoxy) is 2. The molecule has 3 rings (SSSR count). The molecular weight excluding hydrogens is 316 g/mol. The highest BCUT2D eigenvalue weighted by molar-refractivity contribution is 5.78. The Morgan fingerprint density at radius 2 is 1.88 bits per heavy atom. The topological polar surface area (TPSA) is 50.8 Å². The van der Waals surface area contributed by atoms with Crippen LogP contribution >= 0.6 is 0 Å². The molecule has 0 aliphatic carbocycles. The predicted octanol–water partition coefficient (Wildman–Crippen LogP) is 1.96. The number of hydrogen-bond acceptors (Lipinski definition) is 4. The van der Waals surface area contributed by atoms with Gasteiger partial charge in [0.2, 0.25) is 5.91 Å². The SMILES string of the molecule is CC1(C)CN(CC(=O)NCC2(c3ccccc3)CCOCC2)CCO1. The molecule has 138 valence electrons. The predicted molar refractivity (Wildman–Crippen MR) is 97.7 cm³/mol. The van der Waals surface area contributed by atoms with Crippen LogP contribution in [0.4, 0.5) is 0 Å². The first-order valence-corrected chi connectivity index (χ1v) is 9.25. The minimum absolute atomic E-state index is 0.0144. The molecule has 0 atom stereocenters. The Hall–Kier alpha value is -1.43. The van der Waals surface area contributed by atoms with Gasteiger partial charge in [-0.2, -0.15) is 0 Å². The summed E-state index contributed by atoms with van der Waals surface area (Å²) in [6.45, 7) is 9.05. The fourth-order valence-corrected chi connectivity index (χ4v) is 3.90. The van der Waals surface area contributed by atoms with Crippen LogP contribution in [0.25, 0.3) is 0 Å². The van der Waals surface area contributed by atoms with E-state index in [0.717, 1.165) is 39.1 Å². The molecule has 2 saturated heterocycles. The van der Waals surface area contributed by atoms with E-state index >= 15 is 0 Å². The van der Waals surface area contributed by atoms with Gasteiger partial charge in [-0.25, -0.2) is 0 Å². The minimum Gasteiger partial charge on any atom is -0.381 e. The van der Waals surface area contributed by atoms with Gasteiger partial charge in [0, 0.05) is 38.3 Å². The number of morpholine rings is 1. The lowest BCUT2D eigenvalue weighted by molar-refractivity contribution is -0.127. The number of rotatable bonds is 5. The molecule has 0 saturated carbocycles. The second kappa shape index (κ2) is 7.85. The Morgan fingerprint density at radius 3 is 2.56 bits per heavy atom. The molecule has 0 spiro atoms. The molecule has 1 aromatic rings. The van der Waals surface area contributed by atoms with Crippen molar-refractivity contribution in [3.05, 3.63) is 35.9 Å². The van der Waals surface area contributed by atoms with E-state index in [-0.39, 0.29) is 16.9 Å². The van der Waals surface area contributed by atoms with Crippen LogP contribution in [0.1, 0.15) is 32.3 Å². The van der Waals surface area contributed by atoms with Crippen molar-refractivity contribution in [1.82, 2.24) is 10.2 Å². The van der Waals surface area contributed by atoms with E-state index in [1.54, 1.807) is 0 Å². The van der Waals surface area contributed by atoms with Gasteiger partial charge in [0.15, 0.2) is 0 Å². The van der Waals surface area contributed by atoms with Crippen LogP contribution in [-0.2, 0) is 19.7 Å². The van der Waals surface area contributed by atoms with Crippen molar-refractivity contribution in [1.29, 1.82) is 0 Å². The van der Waals surface area contributed by atoms with Crippen molar-refractivity contribution in [2.24, 2.45) is 0 Å². The zero-order valence-corrected chi connectivity index (χ0v) is 15.4. The molecule has 1 aromatic carbocycles.